The van der Waals surface area contributed by atoms with E-state index in [0.29, 0.717) is 27.4 Å². The van der Waals surface area contributed by atoms with Crippen molar-refractivity contribution in [3.05, 3.63) is 28.0 Å². The molecule has 0 bridgehead atoms. The highest BCUT2D eigenvalue weighted by Crippen LogP contribution is 2.31. The van der Waals surface area contributed by atoms with E-state index in [1.54, 1.807) is 16.7 Å². The van der Waals surface area contributed by atoms with Crippen molar-refractivity contribution in [1.82, 2.24) is 9.38 Å². The zero-order valence-electron chi connectivity index (χ0n) is 9.87. The predicted octanol–water partition coefficient (Wildman–Crippen LogP) is 4.13. The van der Waals surface area contributed by atoms with Crippen LogP contribution in [0.4, 0.5) is 5.82 Å². The van der Waals surface area contributed by atoms with E-state index in [9.17, 15) is 0 Å². The average Bonchev–Trinajstić information content (AvgIpc) is 2.60. The zero-order chi connectivity index (χ0) is 12.6. The fourth-order valence-electron chi connectivity index (χ4n) is 2.08. The van der Waals surface area contributed by atoms with Crippen LogP contribution in [0.5, 0.6) is 0 Å². The Labute approximate surface area is 111 Å². The molecule has 0 unspecified atom stereocenters. The summed E-state index contributed by atoms with van der Waals surface area (Å²) in [5.41, 5.74) is 7.70. The summed E-state index contributed by atoms with van der Waals surface area (Å²) in [6.07, 6.45) is 3.77. The first kappa shape index (κ1) is 12.5. The first-order valence-corrected chi connectivity index (χ1v) is 6.46. The monoisotopic (exact) mass is 271 g/mol. The second-order valence-corrected chi connectivity index (χ2v) is 4.94. The number of hydrogen-bond acceptors (Lipinski definition) is 2. The zero-order valence-corrected chi connectivity index (χ0v) is 11.4. The molecule has 0 fully saturated rings. The molecule has 2 rings (SSSR count). The Balaban J connectivity index is 2.68. The number of hydrogen-bond donors (Lipinski definition) is 1. The van der Waals surface area contributed by atoms with Gasteiger partial charge in [-0.25, -0.2) is 4.98 Å². The maximum Gasteiger partial charge on any atom is 0.157 e. The molecule has 0 saturated carbocycles. The summed E-state index contributed by atoms with van der Waals surface area (Å²) in [6.45, 7) is 4.26. The number of nitrogen functional groups attached to an aromatic ring is 1. The topological polar surface area (TPSA) is 43.3 Å². The van der Waals surface area contributed by atoms with Crippen molar-refractivity contribution in [3.63, 3.8) is 0 Å². The van der Waals surface area contributed by atoms with E-state index < -0.39 is 0 Å². The fourth-order valence-corrected chi connectivity index (χ4v) is 2.60. The van der Waals surface area contributed by atoms with Gasteiger partial charge in [0.15, 0.2) is 5.65 Å². The lowest BCUT2D eigenvalue weighted by molar-refractivity contribution is 0.629. The molecule has 0 radical (unpaired) electrons. The highest BCUT2D eigenvalue weighted by molar-refractivity contribution is 6.36. The third-order valence-electron chi connectivity index (χ3n) is 3.08. The van der Waals surface area contributed by atoms with Crippen LogP contribution in [-0.2, 0) is 0 Å². The van der Waals surface area contributed by atoms with E-state index in [4.69, 9.17) is 28.9 Å². The van der Waals surface area contributed by atoms with E-state index in [2.05, 4.69) is 18.8 Å². The molecule has 0 amide bonds. The summed E-state index contributed by atoms with van der Waals surface area (Å²) in [4.78, 5) is 4.54. The van der Waals surface area contributed by atoms with Crippen molar-refractivity contribution < 1.29 is 0 Å². The van der Waals surface area contributed by atoms with E-state index in [1.807, 2.05) is 0 Å². The van der Waals surface area contributed by atoms with Crippen molar-refractivity contribution in [1.29, 1.82) is 0 Å². The molecule has 2 heterocycles. The third-order valence-corrected chi connectivity index (χ3v) is 3.56. The average molecular weight is 272 g/mol. The molecule has 5 heteroatoms. The Bertz CT molecular complexity index is 544. The van der Waals surface area contributed by atoms with Gasteiger partial charge in [-0.3, -0.25) is 4.40 Å². The minimum Gasteiger partial charge on any atom is -0.383 e. The molecule has 0 spiro atoms. The molecule has 0 atom stereocenters. The van der Waals surface area contributed by atoms with Crippen molar-refractivity contribution in [2.75, 3.05) is 5.73 Å². The predicted molar refractivity (Wildman–Crippen MR) is 72.9 cm³/mol. The molecule has 2 N–H and O–H groups in total. The number of nitrogens with zero attached hydrogens (tertiary/aromatic N) is 2. The highest BCUT2D eigenvalue weighted by atomic mass is 35.5. The van der Waals surface area contributed by atoms with Crippen molar-refractivity contribution in [3.8, 4) is 0 Å². The Kier molecular flexibility index (Phi) is 3.50. The number of nitrogens with two attached hydrogens (primary N) is 1. The SMILES string of the molecule is CCC(CC)c1nc2c(Cl)cc(Cl)cn2c1N. The number of halogens is 2. The normalized spacial score (nSPS) is 11.6. The maximum atomic E-state index is 6.12. The number of fused-ring (bicyclic) bond motifs is 1. The van der Waals surface area contributed by atoms with Gasteiger partial charge in [0, 0.05) is 12.1 Å². The van der Waals surface area contributed by atoms with Gasteiger partial charge in [0.05, 0.1) is 15.7 Å². The van der Waals surface area contributed by atoms with Crippen LogP contribution in [0.2, 0.25) is 10.0 Å². The summed E-state index contributed by atoms with van der Waals surface area (Å²) in [6, 6.07) is 1.68. The number of aromatic nitrogens is 2. The van der Waals surface area contributed by atoms with Crippen molar-refractivity contribution in [2.24, 2.45) is 0 Å². The summed E-state index contributed by atoms with van der Waals surface area (Å²) in [5, 5.41) is 1.09. The molecule has 3 nitrogen and oxygen atoms in total. The number of pyridine rings is 1. The smallest absolute Gasteiger partial charge is 0.157 e. The molecule has 92 valence electrons. The van der Waals surface area contributed by atoms with Crippen molar-refractivity contribution in [2.45, 2.75) is 32.6 Å². The minimum absolute atomic E-state index is 0.366. The molecule has 2 aromatic heterocycles. The van der Waals surface area contributed by atoms with Gasteiger partial charge in [-0.05, 0) is 18.9 Å². The van der Waals surface area contributed by atoms with Crippen LogP contribution < -0.4 is 5.73 Å². The minimum atomic E-state index is 0.366. The largest absolute Gasteiger partial charge is 0.383 e. The highest BCUT2D eigenvalue weighted by Gasteiger charge is 2.18. The molecular weight excluding hydrogens is 257 g/mol. The molecule has 0 aliphatic carbocycles. The van der Waals surface area contributed by atoms with Gasteiger partial charge < -0.3 is 5.73 Å². The number of imidazole rings is 1. The van der Waals surface area contributed by atoms with Gasteiger partial charge in [0.25, 0.3) is 0 Å². The lowest BCUT2D eigenvalue weighted by atomic mass is 10.00. The molecular formula is C12H15Cl2N3. The van der Waals surface area contributed by atoms with Gasteiger partial charge >= 0.3 is 0 Å². The summed E-state index contributed by atoms with van der Waals surface area (Å²) < 4.78 is 1.76. The van der Waals surface area contributed by atoms with Crippen LogP contribution in [0, 0.1) is 0 Å². The molecule has 0 saturated heterocycles. The number of rotatable bonds is 3. The quantitative estimate of drug-likeness (QED) is 0.913. The number of anilines is 1. The Morgan fingerprint density at radius 2 is 2.00 bits per heavy atom. The van der Waals surface area contributed by atoms with Crippen LogP contribution in [0.3, 0.4) is 0 Å². The molecule has 17 heavy (non-hydrogen) atoms. The van der Waals surface area contributed by atoms with E-state index in [-0.39, 0.29) is 0 Å². The van der Waals surface area contributed by atoms with Crippen LogP contribution in [-0.4, -0.2) is 9.38 Å². The van der Waals surface area contributed by atoms with Gasteiger partial charge in [-0.2, -0.15) is 0 Å². The summed E-state index contributed by atoms with van der Waals surface area (Å²) in [5.74, 6) is 1.00. The van der Waals surface area contributed by atoms with E-state index in [1.165, 1.54) is 0 Å². The first-order chi connectivity index (χ1) is 8.08. The molecule has 2 aromatic rings. The Hall–Kier alpha value is -0.930. The van der Waals surface area contributed by atoms with Crippen LogP contribution >= 0.6 is 23.2 Å². The maximum absolute atomic E-state index is 6.12. The van der Waals surface area contributed by atoms with Crippen LogP contribution in [0.1, 0.15) is 38.3 Å². The van der Waals surface area contributed by atoms with Gasteiger partial charge in [0.1, 0.15) is 5.82 Å². The molecule has 0 aromatic carbocycles. The van der Waals surface area contributed by atoms with Gasteiger partial charge in [-0.1, -0.05) is 37.0 Å². The third kappa shape index (κ3) is 2.09. The van der Waals surface area contributed by atoms with Crippen LogP contribution in [0.15, 0.2) is 12.3 Å². The van der Waals surface area contributed by atoms with Crippen molar-refractivity contribution >= 4 is 34.7 Å². The Morgan fingerprint density at radius 3 is 2.59 bits per heavy atom. The standard InChI is InChI=1S/C12H15Cl2N3/c1-3-7(4-2)10-11(15)17-6-8(13)5-9(14)12(17)16-10/h5-7H,3-4,15H2,1-2H3. The van der Waals surface area contributed by atoms with E-state index in [0.717, 1.165) is 18.5 Å². The second kappa shape index (κ2) is 4.75. The lowest BCUT2D eigenvalue weighted by Crippen LogP contribution is -2.01. The Morgan fingerprint density at radius 1 is 1.35 bits per heavy atom. The fraction of sp³-hybridized carbons (Fsp3) is 0.417. The van der Waals surface area contributed by atoms with Gasteiger partial charge in [-0.15, -0.1) is 0 Å². The first-order valence-electron chi connectivity index (χ1n) is 5.70. The molecule has 0 aliphatic rings. The second-order valence-electron chi connectivity index (χ2n) is 4.10. The van der Waals surface area contributed by atoms with Crippen LogP contribution in [0.25, 0.3) is 5.65 Å². The summed E-state index contributed by atoms with van der Waals surface area (Å²) in [7, 11) is 0. The molecule has 0 aliphatic heterocycles. The summed E-state index contributed by atoms with van der Waals surface area (Å²) >= 11 is 12.1. The van der Waals surface area contributed by atoms with Gasteiger partial charge in [0.2, 0.25) is 0 Å². The lowest BCUT2D eigenvalue weighted by Gasteiger charge is -2.09. The van der Waals surface area contributed by atoms with E-state index >= 15 is 0 Å².